The van der Waals surface area contributed by atoms with Crippen LogP contribution in [0.15, 0.2) is 24.3 Å². The third kappa shape index (κ3) is 1.31. The lowest BCUT2D eigenvalue weighted by molar-refractivity contribution is 1.41. The molecule has 1 aliphatic rings. The summed E-state index contributed by atoms with van der Waals surface area (Å²) >= 11 is 0. The predicted octanol–water partition coefficient (Wildman–Crippen LogP) is 4.18. The van der Waals surface area contributed by atoms with Gasteiger partial charge in [-0.05, 0) is 34.4 Å². The standard InChI is InChI=1S/C16H4N4/c1-19-15-5-13-11-3-9(7-17)10(8-18)4-12(11)14(13)6-16(15)20-2/h3-6H. The maximum atomic E-state index is 9.03. The van der Waals surface area contributed by atoms with Crippen molar-refractivity contribution in [3.05, 3.63) is 58.2 Å². The molecule has 0 bridgehead atoms. The Morgan fingerprint density at radius 1 is 0.700 bits per heavy atom. The van der Waals surface area contributed by atoms with E-state index in [2.05, 4.69) is 9.69 Å². The monoisotopic (exact) mass is 252 g/mol. The predicted molar refractivity (Wildman–Crippen MR) is 72.8 cm³/mol. The van der Waals surface area contributed by atoms with E-state index in [1.54, 1.807) is 24.3 Å². The molecule has 0 aromatic heterocycles. The quantitative estimate of drug-likeness (QED) is 0.563. The van der Waals surface area contributed by atoms with Gasteiger partial charge < -0.3 is 0 Å². The van der Waals surface area contributed by atoms with Gasteiger partial charge in [0.2, 0.25) is 0 Å². The highest BCUT2D eigenvalue weighted by Crippen LogP contribution is 2.52. The van der Waals surface area contributed by atoms with Crippen molar-refractivity contribution in [2.45, 2.75) is 0 Å². The fraction of sp³-hybridized carbons (Fsp3) is 0. The van der Waals surface area contributed by atoms with Crippen LogP contribution in [0.2, 0.25) is 0 Å². The number of nitriles is 2. The number of hydrogen-bond acceptors (Lipinski definition) is 2. The molecule has 20 heavy (non-hydrogen) atoms. The van der Waals surface area contributed by atoms with Crippen LogP contribution in [0.5, 0.6) is 0 Å². The number of nitrogens with zero attached hydrogens (tertiary/aromatic N) is 4. The smallest absolute Gasteiger partial charge is 0.195 e. The van der Waals surface area contributed by atoms with Gasteiger partial charge in [-0.15, -0.1) is 0 Å². The van der Waals surface area contributed by atoms with Gasteiger partial charge >= 0.3 is 0 Å². The van der Waals surface area contributed by atoms with Crippen LogP contribution >= 0.6 is 0 Å². The highest BCUT2D eigenvalue weighted by molar-refractivity contribution is 6.06. The highest BCUT2D eigenvalue weighted by Gasteiger charge is 2.26. The van der Waals surface area contributed by atoms with Crippen molar-refractivity contribution < 1.29 is 0 Å². The SMILES string of the molecule is [C-]#[N+]c1cc2c(cc1[N+]#[C-])-c1cc(C#N)c(C#N)cc1-2. The van der Waals surface area contributed by atoms with Crippen molar-refractivity contribution in [1.82, 2.24) is 0 Å². The molecule has 0 spiro atoms. The van der Waals surface area contributed by atoms with E-state index in [0.29, 0.717) is 22.5 Å². The summed E-state index contributed by atoms with van der Waals surface area (Å²) in [6.07, 6.45) is 0. The lowest BCUT2D eigenvalue weighted by Gasteiger charge is -2.25. The Morgan fingerprint density at radius 2 is 1.05 bits per heavy atom. The van der Waals surface area contributed by atoms with Gasteiger partial charge in [0.25, 0.3) is 0 Å². The number of rotatable bonds is 0. The molecule has 0 fully saturated rings. The van der Waals surface area contributed by atoms with E-state index in [-0.39, 0.29) is 0 Å². The molecule has 3 rings (SSSR count). The average molecular weight is 252 g/mol. The summed E-state index contributed by atoms with van der Waals surface area (Å²) in [5.74, 6) is 0. The van der Waals surface area contributed by atoms with Gasteiger partial charge in [-0.25, -0.2) is 0 Å². The Hall–Kier alpha value is -3.60. The van der Waals surface area contributed by atoms with Crippen molar-refractivity contribution in [2.75, 3.05) is 0 Å². The first-order chi connectivity index (χ1) is 9.73. The summed E-state index contributed by atoms with van der Waals surface area (Å²) < 4.78 is 0. The topological polar surface area (TPSA) is 56.3 Å². The van der Waals surface area contributed by atoms with Gasteiger partial charge in [0.1, 0.15) is 12.1 Å². The van der Waals surface area contributed by atoms with Crippen LogP contribution in [0.25, 0.3) is 31.9 Å². The van der Waals surface area contributed by atoms with Crippen molar-refractivity contribution in [3.8, 4) is 34.4 Å². The summed E-state index contributed by atoms with van der Waals surface area (Å²) in [4.78, 5) is 6.69. The van der Waals surface area contributed by atoms with Crippen LogP contribution < -0.4 is 0 Å². The zero-order valence-corrected chi connectivity index (χ0v) is 10.1. The average Bonchev–Trinajstić information content (AvgIpc) is 2.50. The summed E-state index contributed by atoms with van der Waals surface area (Å²) in [5, 5.41) is 18.1. The first-order valence-electron chi connectivity index (χ1n) is 5.65. The van der Waals surface area contributed by atoms with E-state index >= 15 is 0 Å². The van der Waals surface area contributed by atoms with Crippen LogP contribution in [0.3, 0.4) is 0 Å². The lowest BCUT2D eigenvalue weighted by atomic mass is 9.78. The summed E-state index contributed by atoms with van der Waals surface area (Å²) in [6.45, 7) is 14.2. The van der Waals surface area contributed by atoms with E-state index in [9.17, 15) is 0 Å². The molecule has 0 saturated heterocycles. The first-order valence-corrected chi connectivity index (χ1v) is 5.65. The fourth-order valence-electron chi connectivity index (χ4n) is 2.37. The van der Waals surface area contributed by atoms with Crippen molar-refractivity contribution in [1.29, 1.82) is 10.5 Å². The molecule has 0 radical (unpaired) electrons. The Morgan fingerprint density at radius 3 is 1.35 bits per heavy atom. The molecule has 0 unspecified atom stereocenters. The third-order valence-electron chi connectivity index (χ3n) is 3.33. The van der Waals surface area contributed by atoms with Gasteiger partial charge in [0.05, 0.1) is 24.3 Å². The minimum atomic E-state index is 0.312. The van der Waals surface area contributed by atoms with Crippen molar-refractivity contribution >= 4 is 11.4 Å². The highest BCUT2D eigenvalue weighted by atomic mass is 14.8. The van der Waals surface area contributed by atoms with Crippen LogP contribution in [0.1, 0.15) is 11.1 Å². The van der Waals surface area contributed by atoms with Crippen molar-refractivity contribution in [2.24, 2.45) is 0 Å². The second-order valence-corrected chi connectivity index (χ2v) is 4.28. The summed E-state index contributed by atoms with van der Waals surface area (Å²) in [7, 11) is 0. The number of benzene rings is 2. The fourth-order valence-corrected chi connectivity index (χ4v) is 2.37. The summed E-state index contributed by atoms with van der Waals surface area (Å²) in [6, 6.07) is 10.7. The molecule has 0 saturated carbocycles. The second kappa shape index (κ2) is 3.96. The van der Waals surface area contributed by atoms with E-state index in [0.717, 1.165) is 22.3 Å². The number of fused-ring (bicyclic) bond motifs is 4. The van der Waals surface area contributed by atoms with E-state index in [1.807, 2.05) is 12.1 Å². The molecule has 0 heterocycles. The zero-order chi connectivity index (χ0) is 14.3. The minimum Gasteiger partial charge on any atom is -0.250 e. The maximum absolute atomic E-state index is 9.03. The van der Waals surface area contributed by atoms with Gasteiger partial charge in [0.15, 0.2) is 11.4 Å². The Balaban J connectivity index is 2.28. The Labute approximate surface area is 115 Å². The van der Waals surface area contributed by atoms with Gasteiger partial charge in [0, 0.05) is 0 Å². The number of hydrogen-bond donors (Lipinski definition) is 0. The molecule has 0 N–H and O–H groups in total. The molecule has 4 nitrogen and oxygen atoms in total. The molecule has 0 atom stereocenters. The maximum Gasteiger partial charge on any atom is 0.195 e. The van der Waals surface area contributed by atoms with Crippen LogP contribution in [0.4, 0.5) is 11.4 Å². The van der Waals surface area contributed by atoms with Gasteiger partial charge in [-0.3, -0.25) is 9.69 Å². The van der Waals surface area contributed by atoms with Crippen LogP contribution in [0, 0.1) is 35.8 Å². The van der Waals surface area contributed by atoms with Gasteiger partial charge in [-0.1, -0.05) is 12.1 Å². The van der Waals surface area contributed by atoms with E-state index in [1.165, 1.54) is 0 Å². The molecule has 1 aliphatic carbocycles. The van der Waals surface area contributed by atoms with Gasteiger partial charge in [-0.2, -0.15) is 10.5 Å². The van der Waals surface area contributed by atoms with Crippen LogP contribution in [-0.2, 0) is 0 Å². The molecular formula is C16H4N4. The second-order valence-electron chi connectivity index (χ2n) is 4.28. The van der Waals surface area contributed by atoms with Crippen LogP contribution in [-0.4, -0.2) is 0 Å². The molecule has 2 aromatic rings. The van der Waals surface area contributed by atoms with E-state index < -0.39 is 0 Å². The minimum absolute atomic E-state index is 0.312. The third-order valence-corrected chi connectivity index (χ3v) is 3.33. The molecule has 0 amide bonds. The molecule has 0 aliphatic heterocycles. The molecule has 4 heteroatoms. The van der Waals surface area contributed by atoms with Crippen molar-refractivity contribution in [3.63, 3.8) is 0 Å². The zero-order valence-electron chi connectivity index (χ0n) is 10.1. The Kier molecular flexibility index (Phi) is 2.27. The Bertz CT molecular complexity index is 769. The first kappa shape index (κ1) is 11.5. The largest absolute Gasteiger partial charge is 0.250 e. The summed E-state index contributed by atoms with van der Waals surface area (Å²) in [5.41, 5.74) is 4.72. The normalized spacial score (nSPS) is 9.80. The molecular weight excluding hydrogens is 248 g/mol. The molecule has 2 aromatic carbocycles. The van der Waals surface area contributed by atoms with E-state index in [4.69, 9.17) is 23.7 Å². The lowest BCUT2D eigenvalue weighted by Crippen LogP contribution is -2.01. The molecule has 88 valence electrons.